The molecule has 6 heteroatoms. The van der Waals surface area contributed by atoms with Crippen LogP contribution in [0.15, 0.2) is 76.6 Å². The van der Waals surface area contributed by atoms with Crippen LogP contribution >= 0.6 is 0 Å². The molecular formula is C21H22N4O2. The number of nitrogen functional groups attached to an aromatic ring is 2. The van der Waals surface area contributed by atoms with Crippen molar-refractivity contribution in [3.05, 3.63) is 71.6 Å². The number of nitrogens with one attached hydrogen (secondary N) is 1. The lowest BCUT2D eigenvalue weighted by Gasteiger charge is -2.19. The van der Waals surface area contributed by atoms with Gasteiger partial charge in [-0.3, -0.25) is 4.79 Å². The van der Waals surface area contributed by atoms with Gasteiger partial charge in [0.15, 0.2) is 0 Å². The highest BCUT2D eigenvalue weighted by Gasteiger charge is 2.27. The Morgan fingerprint density at radius 1 is 1.00 bits per heavy atom. The number of carbonyl (C=O) groups is 1. The Labute approximate surface area is 157 Å². The highest BCUT2D eigenvalue weighted by atomic mass is 16.3. The van der Waals surface area contributed by atoms with Crippen LogP contribution < -0.4 is 16.8 Å². The number of rotatable bonds is 5. The maximum Gasteiger partial charge on any atom is 0.211 e. The van der Waals surface area contributed by atoms with Crippen molar-refractivity contribution in [3.8, 4) is 0 Å². The summed E-state index contributed by atoms with van der Waals surface area (Å²) in [5, 5.41) is 13.7. The van der Waals surface area contributed by atoms with Crippen LogP contribution in [0.2, 0.25) is 0 Å². The summed E-state index contributed by atoms with van der Waals surface area (Å²) < 4.78 is 0. The summed E-state index contributed by atoms with van der Waals surface area (Å²) in [6, 6.07) is 14.1. The minimum Gasteiger partial charge on any atom is -0.505 e. The molecule has 0 spiro atoms. The fourth-order valence-corrected chi connectivity index (χ4v) is 2.77. The first-order valence-electron chi connectivity index (χ1n) is 8.73. The van der Waals surface area contributed by atoms with Gasteiger partial charge in [-0.2, -0.15) is 0 Å². The highest BCUT2D eigenvalue weighted by Crippen LogP contribution is 2.27. The van der Waals surface area contributed by atoms with E-state index in [-0.39, 0.29) is 17.3 Å². The third kappa shape index (κ3) is 4.17. The average molecular weight is 362 g/mol. The van der Waals surface area contributed by atoms with Crippen molar-refractivity contribution in [2.24, 2.45) is 4.99 Å². The number of allylic oxidation sites excluding steroid dienone is 2. The van der Waals surface area contributed by atoms with Crippen molar-refractivity contribution >= 4 is 34.2 Å². The lowest BCUT2D eigenvalue weighted by Crippen LogP contribution is -2.24. The third-order valence-electron chi connectivity index (χ3n) is 4.16. The number of aliphatic hydroxyl groups excluding tert-OH is 1. The first-order chi connectivity index (χ1) is 13.0. The van der Waals surface area contributed by atoms with Crippen LogP contribution in [0.3, 0.4) is 0 Å². The molecule has 3 rings (SSSR count). The van der Waals surface area contributed by atoms with Crippen LogP contribution in [0.4, 0.5) is 22.7 Å². The SMILES string of the molecule is CCCC1=C(O)C(Nc2ccc(N)cc2)=CC(=Nc2ccc(N)cc2)C1=O. The number of aliphatic imine (C=N–C) groups is 1. The summed E-state index contributed by atoms with van der Waals surface area (Å²) in [6.07, 6.45) is 2.76. The number of hydrogen-bond donors (Lipinski definition) is 4. The van der Waals surface area contributed by atoms with Crippen LogP contribution in [-0.2, 0) is 4.79 Å². The Hall–Kier alpha value is -3.54. The van der Waals surface area contributed by atoms with Crippen molar-refractivity contribution in [2.45, 2.75) is 19.8 Å². The number of benzene rings is 2. The first kappa shape index (κ1) is 18.3. The molecule has 27 heavy (non-hydrogen) atoms. The van der Waals surface area contributed by atoms with E-state index in [2.05, 4.69) is 10.3 Å². The topological polar surface area (TPSA) is 114 Å². The molecule has 0 unspecified atom stereocenters. The van der Waals surface area contributed by atoms with Crippen molar-refractivity contribution < 1.29 is 9.90 Å². The standard InChI is InChI=1S/C21H22N4O2/c1-2-3-17-20(26)18(24-15-8-4-13(22)5-9-15)12-19(21(17)27)25-16-10-6-14(23)7-11-16/h4-12,24,26H,2-3,22-23H2,1H3. The normalized spacial score (nSPS) is 15.8. The maximum atomic E-state index is 12.8. The summed E-state index contributed by atoms with van der Waals surface area (Å²) in [5.41, 5.74) is 15.1. The molecule has 1 aliphatic carbocycles. The number of nitrogens with two attached hydrogens (primary N) is 2. The van der Waals surface area contributed by atoms with Gasteiger partial charge < -0.3 is 21.9 Å². The zero-order chi connectivity index (χ0) is 19.4. The fourth-order valence-electron chi connectivity index (χ4n) is 2.77. The molecule has 0 saturated carbocycles. The highest BCUT2D eigenvalue weighted by molar-refractivity contribution is 6.51. The predicted octanol–water partition coefficient (Wildman–Crippen LogP) is 4.11. The molecule has 2 aromatic carbocycles. The number of carbonyl (C=O) groups excluding carboxylic acids is 1. The van der Waals surface area contributed by atoms with E-state index >= 15 is 0 Å². The molecule has 0 aromatic heterocycles. The van der Waals surface area contributed by atoms with Gasteiger partial charge in [-0.05, 0) is 61.0 Å². The Morgan fingerprint density at radius 2 is 1.59 bits per heavy atom. The molecule has 0 amide bonds. The summed E-state index contributed by atoms with van der Waals surface area (Å²) in [6.45, 7) is 1.95. The van der Waals surface area contributed by atoms with Gasteiger partial charge in [-0.25, -0.2) is 4.99 Å². The number of aliphatic hydroxyl groups is 1. The molecule has 0 fully saturated rings. The largest absolute Gasteiger partial charge is 0.505 e. The van der Waals surface area contributed by atoms with E-state index < -0.39 is 0 Å². The quantitative estimate of drug-likeness (QED) is 0.472. The van der Waals surface area contributed by atoms with Gasteiger partial charge in [0.2, 0.25) is 5.78 Å². The second-order valence-corrected chi connectivity index (χ2v) is 6.30. The van der Waals surface area contributed by atoms with E-state index in [1.807, 2.05) is 6.92 Å². The van der Waals surface area contributed by atoms with Gasteiger partial charge in [0.1, 0.15) is 11.5 Å². The Bertz CT molecular complexity index is 939. The van der Waals surface area contributed by atoms with Gasteiger partial charge >= 0.3 is 0 Å². The molecule has 0 heterocycles. The van der Waals surface area contributed by atoms with Gasteiger partial charge in [0.25, 0.3) is 0 Å². The van der Waals surface area contributed by atoms with Gasteiger partial charge in [0, 0.05) is 22.6 Å². The lowest BCUT2D eigenvalue weighted by atomic mass is 9.94. The minimum atomic E-state index is -0.269. The van der Waals surface area contributed by atoms with E-state index in [0.717, 1.165) is 12.1 Å². The second-order valence-electron chi connectivity index (χ2n) is 6.30. The molecule has 1 aliphatic rings. The Balaban J connectivity index is 2.00. The van der Waals surface area contributed by atoms with Crippen molar-refractivity contribution in [1.82, 2.24) is 0 Å². The van der Waals surface area contributed by atoms with Crippen LogP contribution in [0.25, 0.3) is 0 Å². The summed E-state index contributed by atoms with van der Waals surface area (Å²) in [7, 11) is 0. The molecule has 138 valence electrons. The molecule has 0 atom stereocenters. The summed E-state index contributed by atoms with van der Waals surface area (Å²) in [5.74, 6) is -0.316. The number of anilines is 3. The van der Waals surface area contributed by atoms with Crippen LogP contribution in [0.1, 0.15) is 19.8 Å². The van der Waals surface area contributed by atoms with Crippen LogP contribution in [0, 0.1) is 0 Å². The lowest BCUT2D eigenvalue weighted by molar-refractivity contribution is -0.110. The molecule has 0 bridgehead atoms. The average Bonchev–Trinajstić information content (AvgIpc) is 2.66. The zero-order valence-corrected chi connectivity index (χ0v) is 15.1. The van der Waals surface area contributed by atoms with Gasteiger partial charge in [0.05, 0.1) is 11.4 Å². The van der Waals surface area contributed by atoms with E-state index in [9.17, 15) is 9.90 Å². The summed E-state index contributed by atoms with van der Waals surface area (Å²) >= 11 is 0. The van der Waals surface area contributed by atoms with Crippen LogP contribution in [-0.4, -0.2) is 16.6 Å². The van der Waals surface area contributed by atoms with E-state index in [4.69, 9.17) is 11.5 Å². The molecule has 0 aliphatic heterocycles. The number of nitrogens with zero attached hydrogens (tertiary/aromatic N) is 1. The number of hydrogen-bond acceptors (Lipinski definition) is 6. The molecular weight excluding hydrogens is 340 g/mol. The van der Waals surface area contributed by atoms with E-state index in [0.29, 0.717) is 34.8 Å². The van der Waals surface area contributed by atoms with Crippen molar-refractivity contribution in [3.63, 3.8) is 0 Å². The third-order valence-corrected chi connectivity index (χ3v) is 4.16. The maximum absolute atomic E-state index is 12.8. The second kappa shape index (κ2) is 7.78. The van der Waals surface area contributed by atoms with Gasteiger partial charge in [-0.1, -0.05) is 13.3 Å². The van der Waals surface area contributed by atoms with Gasteiger partial charge in [-0.15, -0.1) is 0 Å². The van der Waals surface area contributed by atoms with Crippen molar-refractivity contribution in [1.29, 1.82) is 0 Å². The van der Waals surface area contributed by atoms with E-state index in [1.54, 1.807) is 54.6 Å². The minimum absolute atomic E-state index is 0.0464. The van der Waals surface area contributed by atoms with E-state index in [1.165, 1.54) is 0 Å². The molecule has 6 N–H and O–H groups in total. The zero-order valence-electron chi connectivity index (χ0n) is 15.1. The number of ketones is 1. The molecule has 2 aromatic rings. The number of Topliss-reactive ketones (excluding diaryl/α,β-unsaturated/α-hetero) is 1. The van der Waals surface area contributed by atoms with Crippen molar-refractivity contribution in [2.75, 3.05) is 16.8 Å². The smallest absolute Gasteiger partial charge is 0.211 e. The first-order valence-corrected chi connectivity index (χ1v) is 8.73. The molecule has 0 radical (unpaired) electrons. The molecule has 0 saturated heterocycles. The van der Waals surface area contributed by atoms with Crippen LogP contribution in [0.5, 0.6) is 0 Å². The predicted molar refractivity (Wildman–Crippen MR) is 110 cm³/mol. The monoisotopic (exact) mass is 362 g/mol. The fraction of sp³-hybridized carbons (Fsp3) is 0.143. The molecule has 6 nitrogen and oxygen atoms in total. The Kier molecular flexibility index (Phi) is 5.26. The summed E-state index contributed by atoms with van der Waals surface area (Å²) in [4.78, 5) is 17.2. The Morgan fingerprint density at radius 3 is 2.19 bits per heavy atom.